The van der Waals surface area contributed by atoms with Crippen molar-refractivity contribution < 1.29 is 23.9 Å². The van der Waals surface area contributed by atoms with Gasteiger partial charge < -0.3 is 21.3 Å². The first kappa shape index (κ1) is 32.1. The number of hydrogen-bond acceptors (Lipinski definition) is 9. The van der Waals surface area contributed by atoms with E-state index in [2.05, 4.69) is 15.2 Å². The Bertz CT molecular complexity index is 1530. The fourth-order valence-corrected chi connectivity index (χ4v) is 6.82. The highest BCUT2D eigenvalue weighted by molar-refractivity contribution is 7.89. The molecule has 230 valence electrons. The summed E-state index contributed by atoms with van der Waals surface area (Å²) in [7, 11) is -4.10. The minimum Gasteiger partial charge on any atom is -0.411 e. The molecule has 0 spiro atoms. The Morgan fingerprint density at radius 2 is 1.65 bits per heavy atom. The summed E-state index contributed by atoms with van der Waals surface area (Å²) in [6, 6.07) is 23.0. The lowest BCUT2D eigenvalue weighted by Crippen LogP contribution is -2.50. The minimum atomic E-state index is -4.10. The molecule has 1 fully saturated rings. The van der Waals surface area contributed by atoms with Crippen molar-refractivity contribution in [3.63, 3.8) is 0 Å². The van der Waals surface area contributed by atoms with Gasteiger partial charge in [0.2, 0.25) is 0 Å². The molecule has 1 aliphatic heterocycles. The highest BCUT2D eigenvalue weighted by Gasteiger charge is 2.40. The Balaban J connectivity index is 1.76. The Labute approximate surface area is 253 Å². The van der Waals surface area contributed by atoms with Crippen LogP contribution in [-0.4, -0.2) is 81.7 Å². The molecule has 0 radical (unpaired) electrons. The average Bonchev–Trinajstić information content (AvgIpc) is 3.16. The predicted molar refractivity (Wildman–Crippen MR) is 165 cm³/mol. The van der Waals surface area contributed by atoms with Crippen molar-refractivity contribution in [2.45, 2.75) is 56.7 Å². The maximum atomic E-state index is 14.2. The van der Waals surface area contributed by atoms with E-state index in [0.717, 1.165) is 24.0 Å². The summed E-state index contributed by atoms with van der Waals surface area (Å²) in [6.45, 7) is 4.58. The van der Waals surface area contributed by atoms with Gasteiger partial charge in [-0.2, -0.15) is 0 Å². The van der Waals surface area contributed by atoms with Crippen LogP contribution < -0.4 is 5.73 Å². The Morgan fingerprint density at radius 3 is 2.35 bits per heavy atom. The molecule has 1 heterocycles. The summed E-state index contributed by atoms with van der Waals surface area (Å²) in [5.41, 5.74) is 9.07. The second-order valence-electron chi connectivity index (χ2n) is 10.7. The number of sulfonamides is 1. The predicted octanol–water partition coefficient (Wildman–Crippen LogP) is 3.43. The first-order chi connectivity index (χ1) is 20.7. The van der Waals surface area contributed by atoms with Crippen molar-refractivity contribution in [3.8, 4) is 0 Å². The fraction of sp³-hybridized carbons (Fsp3) is 0.355. The van der Waals surface area contributed by atoms with E-state index < -0.39 is 22.2 Å². The van der Waals surface area contributed by atoms with Gasteiger partial charge in [-0.3, -0.25) is 4.90 Å². The molecule has 5 N–H and O–H groups in total. The molecule has 0 saturated carbocycles. The van der Waals surface area contributed by atoms with Crippen LogP contribution in [0.25, 0.3) is 0 Å². The van der Waals surface area contributed by atoms with Crippen LogP contribution in [0.5, 0.6) is 0 Å². The Hall–Kier alpha value is -3.81. The molecule has 2 atom stereocenters. The molecule has 0 aromatic heterocycles. The summed E-state index contributed by atoms with van der Waals surface area (Å²) in [5.74, 6) is -0.0101. The molecular formula is C31H40N6O5S. The van der Waals surface area contributed by atoms with E-state index >= 15 is 0 Å². The second-order valence-corrected chi connectivity index (χ2v) is 12.5. The van der Waals surface area contributed by atoms with Gasteiger partial charge in [0.25, 0.3) is 10.0 Å². The largest absolute Gasteiger partial charge is 0.411 e. The zero-order valence-electron chi connectivity index (χ0n) is 24.5. The molecule has 11 nitrogen and oxygen atoms in total. The summed E-state index contributed by atoms with van der Waals surface area (Å²) in [5, 5.41) is 38.3. The van der Waals surface area contributed by atoms with Gasteiger partial charge in [-0.15, -0.1) is 4.41 Å². The molecular weight excluding hydrogens is 568 g/mol. The van der Waals surface area contributed by atoms with Crippen molar-refractivity contribution in [2.75, 3.05) is 19.8 Å². The molecule has 0 bridgehead atoms. The van der Waals surface area contributed by atoms with Crippen LogP contribution in [0.15, 0.2) is 94.1 Å². The molecule has 4 rings (SSSR count). The zero-order valence-corrected chi connectivity index (χ0v) is 25.3. The Kier molecular flexibility index (Phi) is 10.9. The molecule has 12 heteroatoms. The summed E-state index contributed by atoms with van der Waals surface area (Å²) < 4.78 is 29.7. The van der Waals surface area contributed by atoms with E-state index in [9.17, 15) is 23.9 Å². The number of aliphatic hydroxyl groups excluding tert-OH is 1. The van der Waals surface area contributed by atoms with E-state index in [4.69, 9.17) is 5.73 Å². The van der Waals surface area contributed by atoms with Crippen LogP contribution >= 0.6 is 0 Å². The smallest absolute Gasteiger partial charge is 0.256 e. The number of benzene rings is 3. The van der Waals surface area contributed by atoms with Crippen molar-refractivity contribution in [2.24, 2.45) is 16.0 Å². The lowest BCUT2D eigenvalue weighted by molar-refractivity contribution is 0.0121. The third-order valence-electron chi connectivity index (χ3n) is 7.67. The molecule has 1 saturated heterocycles. The summed E-state index contributed by atoms with van der Waals surface area (Å²) in [6.07, 6.45) is 1.06. The van der Waals surface area contributed by atoms with E-state index in [0.29, 0.717) is 36.3 Å². The van der Waals surface area contributed by atoms with Gasteiger partial charge in [-0.05, 0) is 49.1 Å². The molecule has 43 heavy (non-hydrogen) atoms. The minimum absolute atomic E-state index is 0.0101. The number of amidine groups is 1. The number of aliphatic hydroxyl groups is 1. The lowest BCUT2D eigenvalue weighted by atomic mass is 9.99. The van der Waals surface area contributed by atoms with Crippen molar-refractivity contribution in [1.82, 2.24) is 14.3 Å². The number of hydrogen-bond donors (Lipinski definition) is 4. The number of rotatable bonds is 11. The lowest BCUT2D eigenvalue weighted by Gasteiger charge is -2.35. The van der Waals surface area contributed by atoms with Crippen LogP contribution in [0.4, 0.5) is 0 Å². The first-order valence-electron chi connectivity index (χ1n) is 14.3. The van der Waals surface area contributed by atoms with Crippen LogP contribution in [0, 0.1) is 0 Å². The number of oxime groups is 2. The highest BCUT2D eigenvalue weighted by atomic mass is 32.2. The molecule has 1 aliphatic rings. The molecule has 0 aliphatic carbocycles. The second kappa shape index (κ2) is 14.6. The Morgan fingerprint density at radius 1 is 0.953 bits per heavy atom. The number of β-amino-alcohol motifs (C(OH)–C–C–N with tert-alkyl or cyclic N) is 1. The topological polar surface area (TPSA) is 155 Å². The normalized spacial score (nSPS) is 19.8. The number of nitrogens with two attached hydrogens (primary N) is 1. The maximum Gasteiger partial charge on any atom is 0.256 e. The quantitative estimate of drug-likeness (QED) is 0.112. The highest BCUT2D eigenvalue weighted by Crippen LogP contribution is 2.27. The number of nitrogens with zero attached hydrogens (tertiary/aromatic N) is 5. The monoisotopic (exact) mass is 608 g/mol. The zero-order chi connectivity index (χ0) is 31.0. The van der Waals surface area contributed by atoms with Crippen LogP contribution in [0.1, 0.15) is 48.9 Å². The van der Waals surface area contributed by atoms with Crippen LogP contribution in [0.3, 0.4) is 0 Å². The van der Waals surface area contributed by atoms with E-state index in [1.165, 1.54) is 16.5 Å². The van der Waals surface area contributed by atoms with E-state index in [-0.39, 0.29) is 23.9 Å². The fourth-order valence-electron chi connectivity index (χ4n) is 5.27. The third-order valence-corrected chi connectivity index (χ3v) is 9.45. The molecule has 0 amide bonds. The van der Waals surface area contributed by atoms with Gasteiger partial charge >= 0.3 is 0 Å². The first-order valence-corrected chi connectivity index (χ1v) is 15.7. The van der Waals surface area contributed by atoms with Crippen molar-refractivity contribution in [1.29, 1.82) is 0 Å². The maximum absolute atomic E-state index is 14.2. The summed E-state index contributed by atoms with van der Waals surface area (Å²) >= 11 is 0. The van der Waals surface area contributed by atoms with Gasteiger partial charge in [-0.25, -0.2) is 13.4 Å². The molecule has 0 unspecified atom stereocenters. The van der Waals surface area contributed by atoms with E-state index in [1.807, 2.05) is 55.5 Å². The summed E-state index contributed by atoms with van der Waals surface area (Å²) in [4.78, 5) is 2.13. The standard InChI is InChI=1S/C31H40N6O5S/c1-3-4-16-36-22-35(20-25-12-8-14-27(17-25)31(32)34-40)29(18-24-10-6-5-7-11-24)30(38)21-37(36)43(41,42)28-15-9-13-26(19-28)23(2)33-39/h5-15,17,19,29-30,38-40H,3-4,16,18,20-22H2,1-2H3,(H2,32,34)/b33-23-/t29-,30-/m1/s1. The van der Waals surface area contributed by atoms with Gasteiger partial charge in [-0.1, -0.05) is 84.3 Å². The average molecular weight is 609 g/mol. The third kappa shape index (κ3) is 7.78. The molecule has 3 aromatic rings. The van der Waals surface area contributed by atoms with Crippen molar-refractivity contribution >= 4 is 21.6 Å². The van der Waals surface area contributed by atoms with Crippen LogP contribution in [-0.2, 0) is 23.0 Å². The van der Waals surface area contributed by atoms with Gasteiger partial charge in [0.1, 0.15) is 0 Å². The number of unbranched alkanes of at least 4 members (excludes halogenated alkanes) is 1. The number of hydrazine groups is 1. The van der Waals surface area contributed by atoms with Crippen LogP contribution in [0.2, 0.25) is 0 Å². The van der Waals surface area contributed by atoms with Gasteiger partial charge in [0.15, 0.2) is 5.84 Å². The van der Waals surface area contributed by atoms with E-state index in [1.54, 1.807) is 30.1 Å². The van der Waals surface area contributed by atoms with Gasteiger partial charge in [0, 0.05) is 30.3 Å². The SMILES string of the molecule is CCCCN1CN(Cc2cccc(/C(N)=N\O)c2)[C@H](Cc2ccccc2)[C@H](O)CN1S(=O)(=O)c1cccc(/C(C)=N\O)c1. The van der Waals surface area contributed by atoms with Gasteiger partial charge in [0.05, 0.1) is 29.9 Å². The molecule has 3 aromatic carbocycles. The van der Waals surface area contributed by atoms with Crippen molar-refractivity contribution in [3.05, 3.63) is 101 Å².